The SMILES string of the molecule is CCC1CCCc2[nH]c(C=C3C(=O)Nc4ccc(C)cc43)cc21. The Balaban J connectivity index is 1.76. The lowest BCUT2D eigenvalue weighted by Gasteiger charge is -2.20. The van der Waals surface area contributed by atoms with Gasteiger partial charge in [-0.25, -0.2) is 0 Å². The van der Waals surface area contributed by atoms with E-state index in [9.17, 15) is 4.79 Å². The van der Waals surface area contributed by atoms with E-state index in [1.807, 2.05) is 18.2 Å². The number of nitrogens with one attached hydrogen (secondary N) is 2. The molecule has 4 rings (SSSR count). The Bertz CT molecular complexity index is 813. The number of anilines is 1. The molecule has 1 atom stereocenters. The van der Waals surface area contributed by atoms with E-state index in [1.54, 1.807) is 0 Å². The summed E-state index contributed by atoms with van der Waals surface area (Å²) < 4.78 is 0. The Hall–Kier alpha value is -2.29. The van der Waals surface area contributed by atoms with Crippen LogP contribution in [0.25, 0.3) is 11.6 Å². The summed E-state index contributed by atoms with van der Waals surface area (Å²) in [6.07, 6.45) is 6.84. The van der Waals surface area contributed by atoms with Gasteiger partial charge in [0.1, 0.15) is 0 Å². The summed E-state index contributed by atoms with van der Waals surface area (Å²) in [7, 11) is 0. The van der Waals surface area contributed by atoms with Gasteiger partial charge in [0.25, 0.3) is 5.91 Å². The van der Waals surface area contributed by atoms with Crippen molar-refractivity contribution in [3.63, 3.8) is 0 Å². The summed E-state index contributed by atoms with van der Waals surface area (Å²) >= 11 is 0. The summed E-state index contributed by atoms with van der Waals surface area (Å²) in [5.41, 5.74) is 7.71. The third kappa shape index (κ3) is 2.40. The van der Waals surface area contributed by atoms with Gasteiger partial charge in [0, 0.05) is 22.6 Å². The molecule has 1 amide bonds. The third-order valence-corrected chi connectivity index (χ3v) is 5.12. The summed E-state index contributed by atoms with van der Waals surface area (Å²) in [4.78, 5) is 15.9. The number of carbonyl (C=O) groups is 1. The van der Waals surface area contributed by atoms with E-state index in [0.29, 0.717) is 5.92 Å². The van der Waals surface area contributed by atoms with Crippen LogP contribution in [0.5, 0.6) is 0 Å². The molecule has 2 aromatic rings. The maximum atomic E-state index is 12.3. The van der Waals surface area contributed by atoms with Gasteiger partial charge in [-0.3, -0.25) is 4.79 Å². The molecule has 3 nitrogen and oxygen atoms in total. The van der Waals surface area contributed by atoms with Crippen LogP contribution in [-0.4, -0.2) is 10.9 Å². The number of benzene rings is 1. The zero-order chi connectivity index (χ0) is 16.0. The van der Waals surface area contributed by atoms with Crippen molar-refractivity contribution in [3.8, 4) is 0 Å². The van der Waals surface area contributed by atoms with Gasteiger partial charge in [-0.15, -0.1) is 0 Å². The molecule has 1 aromatic heterocycles. The highest BCUT2D eigenvalue weighted by Crippen LogP contribution is 2.37. The van der Waals surface area contributed by atoms with E-state index in [1.165, 1.54) is 36.1 Å². The Morgan fingerprint density at radius 3 is 3.00 bits per heavy atom. The zero-order valence-electron chi connectivity index (χ0n) is 13.7. The van der Waals surface area contributed by atoms with Crippen LogP contribution in [0.15, 0.2) is 24.3 Å². The highest BCUT2D eigenvalue weighted by molar-refractivity contribution is 6.34. The fourth-order valence-electron chi connectivity index (χ4n) is 3.89. The topological polar surface area (TPSA) is 44.9 Å². The van der Waals surface area contributed by atoms with Crippen molar-refractivity contribution in [1.29, 1.82) is 0 Å². The van der Waals surface area contributed by atoms with Crippen LogP contribution in [0, 0.1) is 6.92 Å². The van der Waals surface area contributed by atoms with E-state index in [4.69, 9.17) is 0 Å². The largest absolute Gasteiger partial charge is 0.359 e. The first-order valence-electron chi connectivity index (χ1n) is 8.51. The van der Waals surface area contributed by atoms with E-state index in [2.05, 4.69) is 36.3 Å². The van der Waals surface area contributed by atoms with Crippen molar-refractivity contribution in [2.45, 2.75) is 45.4 Å². The standard InChI is InChI=1S/C20H22N2O/c1-3-13-5-4-6-18-15(13)10-14(21-18)11-17-16-9-12(2)7-8-19(16)22-20(17)23/h7-11,13,21H,3-6H2,1-2H3,(H,22,23). The molecule has 1 aliphatic heterocycles. The number of rotatable bonds is 2. The molecule has 23 heavy (non-hydrogen) atoms. The first kappa shape index (κ1) is 14.3. The highest BCUT2D eigenvalue weighted by Gasteiger charge is 2.25. The predicted molar refractivity (Wildman–Crippen MR) is 94.4 cm³/mol. The van der Waals surface area contributed by atoms with Gasteiger partial charge in [-0.1, -0.05) is 18.6 Å². The first-order chi connectivity index (χ1) is 11.2. The van der Waals surface area contributed by atoms with Gasteiger partial charge < -0.3 is 10.3 Å². The summed E-state index contributed by atoms with van der Waals surface area (Å²) in [6.45, 7) is 4.31. The van der Waals surface area contributed by atoms with Crippen LogP contribution in [-0.2, 0) is 11.2 Å². The molecule has 0 saturated heterocycles. The monoisotopic (exact) mass is 306 g/mol. The van der Waals surface area contributed by atoms with E-state index in [0.717, 1.165) is 28.9 Å². The normalized spacial score (nSPS) is 21.2. The molecule has 1 aromatic carbocycles. The number of amides is 1. The third-order valence-electron chi connectivity index (χ3n) is 5.12. The molecular weight excluding hydrogens is 284 g/mol. The van der Waals surface area contributed by atoms with Crippen LogP contribution >= 0.6 is 0 Å². The summed E-state index contributed by atoms with van der Waals surface area (Å²) in [5.74, 6) is 0.652. The fraction of sp³-hybridized carbons (Fsp3) is 0.350. The number of hydrogen-bond donors (Lipinski definition) is 2. The van der Waals surface area contributed by atoms with Crippen molar-refractivity contribution in [2.75, 3.05) is 5.32 Å². The molecule has 0 saturated carbocycles. The van der Waals surface area contributed by atoms with Crippen molar-refractivity contribution < 1.29 is 4.79 Å². The first-order valence-corrected chi connectivity index (χ1v) is 8.51. The van der Waals surface area contributed by atoms with Crippen molar-refractivity contribution >= 4 is 23.2 Å². The minimum atomic E-state index is -0.00906. The second-order valence-corrected chi connectivity index (χ2v) is 6.72. The Labute approximate surface area is 136 Å². The van der Waals surface area contributed by atoms with E-state index >= 15 is 0 Å². The number of carbonyl (C=O) groups excluding carboxylic acids is 1. The van der Waals surface area contributed by atoms with Crippen LogP contribution in [0.1, 0.15) is 60.2 Å². The van der Waals surface area contributed by atoms with Crippen molar-refractivity contribution in [1.82, 2.24) is 4.98 Å². The molecule has 0 radical (unpaired) electrons. The average Bonchev–Trinajstić information content (AvgIpc) is 3.09. The number of hydrogen-bond acceptors (Lipinski definition) is 1. The molecule has 0 fully saturated rings. The summed E-state index contributed by atoms with van der Waals surface area (Å²) in [5, 5.41) is 2.96. The number of fused-ring (bicyclic) bond motifs is 2. The second kappa shape index (κ2) is 5.41. The van der Waals surface area contributed by atoms with E-state index < -0.39 is 0 Å². The van der Waals surface area contributed by atoms with Gasteiger partial charge in [-0.05, 0) is 68.4 Å². The maximum absolute atomic E-state index is 12.3. The molecule has 2 N–H and O–H groups in total. The van der Waals surface area contributed by atoms with Crippen molar-refractivity contribution in [3.05, 3.63) is 52.3 Å². The van der Waals surface area contributed by atoms with Crippen molar-refractivity contribution in [2.24, 2.45) is 0 Å². The molecular formula is C20H22N2O. The van der Waals surface area contributed by atoms with Gasteiger partial charge in [-0.2, -0.15) is 0 Å². The van der Waals surface area contributed by atoms with Gasteiger partial charge in [0.15, 0.2) is 0 Å². The Kier molecular flexibility index (Phi) is 3.37. The second-order valence-electron chi connectivity index (χ2n) is 6.72. The Morgan fingerprint density at radius 1 is 1.30 bits per heavy atom. The van der Waals surface area contributed by atoms with Crippen LogP contribution in [0.4, 0.5) is 5.69 Å². The maximum Gasteiger partial charge on any atom is 0.256 e. The zero-order valence-corrected chi connectivity index (χ0v) is 13.7. The lowest BCUT2D eigenvalue weighted by Crippen LogP contribution is -2.07. The number of aromatic nitrogens is 1. The van der Waals surface area contributed by atoms with Gasteiger partial charge in [0.2, 0.25) is 0 Å². The quantitative estimate of drug-likeness (QED) is 0.780. The smallest absolute Gasteiger partial charge is 0.256 e. The molecule has 1 aliphatic carbocycles. The average molecular weight is 306 g/mol. The molecule has 118 valence electrons. The summed E-state index contributed by atoms with van der Waals surface area (Å²) in [6, 6.07) is 8.34. The lowest BCUT2D eigenvalue weighted by atomic mass is 9.85. The molecule has 0 bridgehead atoms. The lowest BCUT2D eigenvalue weighted by molar-refractivity contribution is -0.110. The predicted octanol–water partition coefficient (Wildman–Crippen LogP) is 4.65. The van der Waals surface area contributed by atoms with Crippen LogP contribution in [0.3, 0.4) is 0 Å². The number of H-pyrrole nitrogens is 1. The molecule has 1 unspecified atom stereocenters. The van der Waals surface area contributed by atoms with E-state index in [-0.39, 0.29) is 5.91 Å². The number of aryl methyl sites for hydroxylation is 2. The molecule has 2 aliphatic rings. The fourth-order valence-corrected chi connectivity index (χ4v) is 3.89. The highest BCUT2D eigenvalue weighted by atomic mass is 16.2. The Morgan fingerprint density at radius 2 is 2.17 bits per heavy atom. The molecule has 0 spiro atoms. The molecule has 3 heteroatoms. The molecule has 2 heterocycles. The van der Waals surface area contributed by atoms with Crippen LogP contribution in [0.2, 0.25) is 0 Å². The number of aromatic amines is 1. The minimum absolute atomic E-state index is 0.00906. The van der Waals surface area contributed by atoms with Gasteiger partial charge in [0.05, 0.1) is 5.57 Å². The van der Waals surface area contributed by atoms with Gasteiger partial charge >= 0.3 is 0 Å². The minimum Gasteiger partial charge on any atom is -0.359 e. The van der Waals surface area contributed by atoms with Crippen LogP contribution < -0.4 is 5.32 Å².